The van der Waals surface area contributed by atoms with Crippen molar-refractivity contribution in [3.8, 4) is 0 Å². The first-order chi connectivity index (χ1) is 13.3. The third-order valence-electron chi connectivity index (χ3n) is 4.71. The van der Waals surface area contributed by atoms with Crippen LogP contribution in [0.3, 0.4) is 0 Å². The number of primary sulfonamides is 1. The van der Waals surface area contributed by atoms with Crippen LogP contribution in [0.15, 0.2) is 65.2 Å². The first kappa shape index (κ1) is 22.0. The van der Waals surface area contributed by atoms with Gasteiger partial charge in [0.2, 0.25) is 0 Å². The van der Waals surface area contributed by atoms with Crippen LogP contribution in [0.1, 0.15) is 11.6 Å². The Balaban J connectivity index is 1.99. The number of nitrogens with zero attached hydrogens (tertiary/aromatic N) is 1. The van der Waals surface area contributed by atoms with E-state index in [0.29, 0.717) is 11.3 Å². The van der Waals surface area contributed by atoms with Crippen LogP contribution in [0.4, 0.5) is 18.9 Å². The molecule has 10 heteroatoms. The molecule has 2 aromatic carbocycles. The second-order valence-corrected chi connectivity index (χ2v) is 24.0. The molecule has 0 radical (unpaired) electrons. The zero-order chi connectivity index (χ0) is 21.6. The predicted octanol–water partition coefficient (Wildman–Crippen LogP) is 3.39. The third-order valence-corrected chi connectivity index (χ3v) is 11.5. The van der Waals surface area contributed by atoms with E-state index in [-0.39, 0.29) is 4.90 Å². The second-order valence-electron chi connectivity index (χ2n) is 7.92. The van der Waals surface area contributed by atoms with Crippen LogP contribution in [-0.2, 0) is 10.0 Å². The molecule has 0 saturated carbocycles. The summed E-state index contributed by atoms with van der Waals surface area (Å²) in [5.74, 6) is 0. The number of hydrazine groups is 1. The number of nitrogens with two attached hydrogens (primary N) is 1. The van der Waals surface area contributed by atoms with Crippen molar-refractivity contribution in [3.63, 3.8) is 0 Å². The fourth-order valence-electron chi connectivity index (χ4n) is 3.07. The van der Waals surface area contributed by atoms with Gasteiger partial charge in [-0.15, -0.1) is 0 Å². The monoisotopic (exact) mass is 533 g/mol. The Hall–Kier alpha value is -1.72. The quantitative estimate of drug-likeness (QED) is 0.593. The Morgan fingerprint density at radius 2 is 1.55 bits per heavy atom. The fourth-order valence-corrected chi connectivity index (χ4v) is 6.92. The Morgan fingerprint density at radius 3 is 2.00 bits per heavy atom. The van der Waals surface area contributed by atoms with E-state index in [0.717, 1.165) is 6.08 Å². The fraction of sp³-hybridized carbons (Fsp3) is 0.263. The van der Waals surface area contributed by atoms with Crippen molar-refractivity contribution in [1.82, 2.24) is 5.43 Å². The first-order valence-electron chi connectivity index (χ1n) is 8.85. The van der Waals surface area contributed by atoms with Gasteiger partial charge < -0.3 is 0 Å². The van der Waals surface area contributed by atoms with Gasteiger partial charge in [0, 0.05) is 0 Å². The maximum absolute atomic E-state index is 13.3. The Kier molecular flexibility index (Phi) is 5.69. The molecule has 156 valence electrons. The van der Waals surface area contributed by atoms with Gasteiger partial charge in [-0.25, -0.2) is 0 Å². The summed E-state index contributed by atoms with van der Waals surface area (Å²) < 4.78 is 64.2. The molecule has 0 aromatic heterocycles. The zero-order valence-corrected chi connectivity index (χ0v) is 19.8. The molecular formula is C19H22F3N3O2SSn. The summed E-state index contributed by atoms with van der Waals surface area (Å²) in [6.45, 7) is 0. The van der Waals surface area contributed by atoms with Crippen molar-refractivity contribution in [2.75, 3.05) is 5.01 Å². The molecule has 0 spiro atoms. The molecule has 0 saturated heterocycles. The van der Waals surface area contributed by atoms with Crippen molar-refractivity contribution in [2.24, 2.45) is 5.14 Å². The van der Waals surface area contributed by atoms with Gasteiger partial charge in [0.1, 0.15) is 0 Å². The van der Waals surface area contributed by atoms with Gasteiger partial charge in [0.15, 0.2) is 0 Å². The van der Waals surface area contributed by atoms with E-state index in [9.17, 15) is 21.6 Å². The molecule has 0 bridgehead atoms. The van der Waals surface area contributed by atoms with Gasteiger partial charge in [0.05, 0.1) is 0 Å². The molecule has 0 fully saturated rings. The molecule has 3 N–H and O–H groups in total. The number of allylic oxidation sites excluding steroid dienone is 1. The van der Waals surface area contributed by atoms with Crippen LogP contribution in [0, 0.1) is 0 Å². The minimum absolute atomic E-state index is 0.108. The van der Waals surface area contributed by atoms with E-state index >= 15 is 0 Å². The van der Waals surface area contributed by atoms with E-state index in [1.165, 1.54) is 32.9 Å². The summed E-state index contributed by atoms with van der Waals surface area (Å²) in [6.07, 6.45) is -3.40. The van der Waals surface area contributed by atoms with E-state index in [1.807, 2.05) is 24.3 Å². The standard InChI is InChI=1S/C16H13F3N3O2S.3CH3.Sn/c17-16(18,19)15-10-14(11-4-2-1-3-5-11)22(21-15)12-6-8-13(9-7-12)25(20,23)24;;;;/h2-10,14,21H,(H2,20,23,24);3*1H3;. The normalized spacial score (nSPS) is 17.8. The van der Waals surface area contributed by atoms with Crippen LogP contribution in [-0.4, -0.2) is 33.0 Å². The van der Waals surface area contributed by atoms with Gasteiger partial charge in [0.25, 0.3) is 0 Å². The molecule has 3 rings (SSSR count). The average molecular weight is 532 g/mol. The number of hydrogen-bond donors (Lipinski definition) is 2. The molecule has 2 aromatic rings. The Labute approximate surface area is 172 Å². The third kappa shape index (κ3) is 4.89. The molecule has 1 heterocycles. The van der Waals surface area contributed by atoms with Gasteiger partial charge in [-0.1, -0.05) is 0 Å². The van der Waals surface area contributed by atoms with Crippen LogP contribution in [0.5, 0.6) is 0 Å². The Morgan fingerprint density at radius 1 is 1.00 bits per heavy atom. The number of benzene rings is 2. The molecule has 5 nitrogen and oxygen atoms in total. The maximum atomic E-state index is 13.3. The minimum atomic E-state index is -4.53. The van der Waals surface area contributed by atoms with Crippen LogP contribution in [0.25, 0.3) is 0 Å². The number of rotatable bonds is 4. The van der Waals surface area contributed by atoms with E-state index < -0.39 is 46.3 Å². The van der Waals surface area contributed by atoms with Crippen molar-refractivity contribution in [2.45, 2.75) is 31.9 Å². The molecule has 1 atom stereocenters. The molecule has 1 unspecified atom stereocenters. The topological polar surface area (TPSA) is 75.4 Å². The first-order valence-corrected chi connectivity index (χ1v) is 20.4. The number of anilines is 1. The van der Waals surface area contributed by atoms with Crippen LogP contribution >= 0.6 is 0 Å². The van der Waals surface area contributed by atoms with Gasteiger partial charge in [-0.05, 0) is 0 Å². The second kappa shape index (κ2) is 7.51. The number of hydrogen-bond acceptors (Lipinski definition) is 4. The number of nitrogens with one attached hydrogen (secondary N) is 1. The van der Waals surface area contributed by atoms with Gasteiger partial charge in [-0.3, -0.25) is 0 Å². The SMILES string of the molecule is [CH3][Sn]([CH3])([CH3])[c]1ccc(C2C=C(C(F)(F)F)NN2c2ccc(S(N)(=O)=O)cc2)cc1. The summed E-state index contributed by atoms with van der Waals surface area (Å²) in [6, 6.07) is 12.4. The molecule has 1 aliphatic heterocycles. The van der Waals surface area contributed by atoms with Gasteiger partial charge in [-0.2, -0.15) is 0 Å². The van der Waals surface area contributed by atoms with Crippen molar-refractivity contribution < 1.29 is 21.6 Å². The van der Waals surface area contributed by atoms with E-state index in [4.69, 9.17) is 5.14 Å². The van der Waals surface area contributed by atoms with E-state index in [2.05, 4.69) is 20.2 Å². The number of sulfonamides is 1. The number of halogens is 3. The molecule has 0 aliphatic carbocycles. The summed E-state index contributed by atoms with van der Waals surface area (Å²) in [7, 11) is -3.89. The number of alkyl halides is 3. The molecule has 0 amide bonds. The zero-order valence-electron chi connectivity index (χ0n) is 16.2. The van der Waals surface area contributed by atoms with E-state index in [1.54, 1.807) is 0 Å². The molecule has 29 heavy (non-hydrogen) atoms. The summed E-state index contributed by atoms with van der Waals surface area (Å²) >= 11 is -2.28. The Bertz CT molecular complexity index is 1030. The molecule has 1 aliphatic rings. The van der Waals surface area contributed by atoms with Crippen LogP contribution in [0.2, 0.25) is 14.8 Å². The molecular weight excluding hydrogens is 510 g/mol. The average Bonchev–Trinajstić information content (AvgIpc) is 3.06. The van der Waals surface area contributed by atoms with Crippen molar-refractivity contribution >= 4 is 37.7 Å². The van der Waals surface area contributed by atoms with Crippen molar-refractivity contribution in [3.05, 3.63) is 65.9 Å². The summed E-state index contributed by atoms with van der Waals surface area (Å²) in [5, 5.41) is 6.46. The van der Waals surface area contributed by atoms with Gasteiger partial charge >= 0.3 is 173 Å². The predicted molar refractivity (Wildman–Crippen MR) is 110 cm³/mol. The van der Waals surface area contributed by atoms with Crippen molar-refractivity contribution in [1.29, 1.82) is 0 Å². The summed E-state index contributed by atoms with van der Waals surface area (Å²) in [4.78, 5) is 6.69. The summed E-state index contributed by atoms with van der Waals surface area (Å²) in [5.41, 5.74) is 2.62. The van der Waals surface area contributed by atoms with Crippen LogP contribution < -0.4 is 19.2 Å².